The molecule has 0 saturated carbocycles. The number of amides is 1. The number of carbonyl (C=O) groups excluding carboxylic acids is 1. The van der Waals surface area contributed by atoms with Gasteiger partial charge in [0.05, 0.1) is 6.20 Å². The van der Waals surface area contributed by atoms with Gasteiger partial charge in [-0.05, 0) is 19.1 Å². The van der Waals surface area contributed by atoms with Gasteiger partial charge in [-0.1, -0.05) is 18.2 Å². The summed E-state index contributed by atoms with van der Waals surface area (Å²) in [6, 6.07) is 10.3. The van der Waals surface area contributed by atoms with E-state index < -0.39 is 5.56 Å². The molecule has 6 heteroatoms. The van der Waals surface area contributed by atoms with Gasteiger partial charge < -0.3 is 9.84 Å². The Morgan fingerprint density at radius 3 is 2.80 bits per heavy atom. The Hall–Kier alpha value is -2.89. The summed E-state index contributed by atoms with van der Waals surface area (Å²) in [6.07, 6.45) is 1.33. The predicted octanol–water partition coefficient (Wildman–Crippen LogP) is 1.85. The lowest BCUT2D eigenvalue weighted by atomic mass is 10.2. The molecule has 0 atom stereocenters. The number of hydrogen-bond acceptors (Lipinski definition) is 4. The quantitative estimate of drug-likeness (QED) is 0.770. The number of hydrogen-bond donors (Lipinski definition) is 1. The molecule has 6 nitrogen and oxygen atoms in total. The second-order valence-corrected chi connectivity index (χ2v) is 4.30. The van der Waals surface area contributed by atoms with Gasteiger partial charge in [0.1, 0.15) is 11.4 Å². The Labute approximate surface area is 113 Å². The molecule has 0 aliphatic heterocycles. The van der Waals surface area contributed by atoms with Crippen LogP contribution in [0.1, 0.15) is 16.1 Å². The van der Waals surface area contributed by atoms with E-state index in [1.807, 2.05) is 6.07 Å². The Kier molecular flexibility index (Phi) is 2.83. The molecule has 0 aliphatic carbocycles. The summed E-state index contributed by atoms with van der Waals surface area (Å²) in [5.74, 6) is 0.203. The molecule has 0 saturated heterocycles. The van der Waals surface area contributed by atoms with Crippen LogP contribution in [0.5, 0.6) is 0 Å². The van der Waals surface area contributed by atoms with Crippen LogP contribution in [0.25, 0.3) is 5.65 Å². The Balaban J connectivity index is 1.97. The van der Waals surface area contributed by atoms with E-state index in [1.165, 1.54) is 6.20 Å². The van der Waals surface area contributed by atoms with Crippen molar-refractivity contribution in [3.05, 3.63) is 64.3 Å². The van der Waals surface area contributed by atoms with E-state index in [9.17, 15) is 9.59 Å². The maximum atomic E-state index is 12.1. The van der Waals surface area contributed by atoms with E-state index in [0.717, 1.165) is 4.57 Å². The lowest BCUT2D eigenvalue weighted by Gasteiger charge is -2.03. The number of carbonyl (C=O) groups is 1. The first-order valence-corrected chi connectivity index (χ1v) is 6.00. The summed E-state index contributed by atoms with van der Waals surface area (Å²) in [7, 11) is 0. The minimum Gasteiger partial charge on any atom is -0.375 e. The van der Waals surface area contributed by atoms with Crippen molar-refractivity contribution in [2.45, 2.75) is 6.92 Å². The van der Waals surface area contributed by atoms with E-state index in [0.29, 0.717) is 17.0 Å². The predicted molar refractivity (Wildman–Crippen MR) is 72.9 cm³/mol. The van der Waals surface area contributed by atoms with Crippen LogP contribution in [0.2, 0.25) is 0 Å². The average Bonchev–Trinajstić information content (AvgIpc) is 2.84. The fourth-order valence-electron chi connectivity index (χ4n) is 1.86. The molecule has 0 radical (unpaired) electrons. The van der Waals surface area contributed by atoms with Crippen molar-refractivity contribution in [1.29, 1.82) is 0 Å². The van der Waals surface area contributed by atoms with Gasteiger partial charge in [-0.15, -0.1) is 4.57 Å². The Morgan fingerprint density at radius 2 is 2.05 bits per heavy atom. The van der Waals surface area contributed by atoms with Crippen LogP contribution in [0.4, 0.5) is 5.69 Å². The third-order valence-corrected chi connectivity index (χ3v) is 2.80. The zero-order valence-corrected chi connectivity index (χ0v) is 10.7. The van der Waals surface area contributed by atoms with Crippen LogP contribution in [-0.4, -0.2) is 15.5 Å². The summed E-state index contributed by atoms with van der Waals surface area (Å²) < 4.78 is 6.27. The topological polar surface area (TPSA) is 76.6 Å². The number of nitrogens with one attached hydrogen (secondary N) is 1. The van der Waals surface area contributed by atoms with Gasteiger partial charge in [-0.2, -0.15) is 0 Å². The highest BCUT2D eigenvalue weighted by molar-refractivity contribution is 6.04. The normalized spacial score (nSPS) is 10.7. The van der Waals surface area contributed by atoms with Gasteiger partial charge in [0, 0.05) is 11.6 Å². The van der Waals surface area contributed by atoms with E-state index in [4.69, 9.17) is 4.52 Å². The molecule has 0 bridgehead atoms. The molecule has 1 N–H and O–H groups in total. The molecule has 2 heterocycles. The SMILES string of the molecule is Cc1cc2ncc(NC(=O)c3ccccc3)c(=O)n2o1. The Bertz CT molecular complexity index is 834. The largest absolute Gasteiger partial charge is 0.375 e. The van der Waals surface area contributed by atoms with Crippen LogP contribution < -0.4 is 10.9 Å². The van der Waals surface area contributed by atoms with Gasteiger partial charge in [-0.3, -0.25) is 9.59 Å². The molecule has 1 aromatic carbocycles. The van der Waals surface area contributed by atoms with Gasteiger partial charge in [-0.25, -0.2) is 4.98 Å². The van der Waals surface area contributed by atoms with Crippen LogP contribution in [0, 0.1) is 6.92 Å². The molecule has 100 valence electrons. The van der Waals surface area contributed by atoms with Crippen LogP contribution in [0.3, 0.4) is 0 Å². The smallest absolute Gasteiger partial charge is 0.310 e. The highest BCUT2D eigenvalue weighted by Gasteiger charge is 2.12. The number of aryl methyl sites for hydroxylation is 1. The first kappa shape index (κ1) is 12.2. The molecule has 20 heavy (non-hydrogen) atoms. The van der Waals surface area contributed by atoms with Crippen molar-refractivity contribution in [2.24, 2.45) is 0 Å². The molecule has 1 amide bonds. The summed E-state index contributed by atoms with van der Waals surface area (Å²) >= 11 is 0. The third kappa shape index (κ3) is 2.07. The highest BCUT2D eigenvalue weighted by atomic mass is 16.5. The van der Waals surface area contributed by atoms with Crippen molar-refractivity contribution >= 4 is 17.2 Å². The number of fused-ring (bicyclic) bond motifs is 1. The van der Waals surface area contributed by atoms with Gasteiger partial charge in [0.15, 0.2) is 5.65 Å². The van der Waals surface area contributed by atoms with E-state index in [1.54, 1.807) is 37.3 Å². The minimum absolute atomic E-state index is 0.0747. The molecule has 0 unspecified atom stereocenters. The van der Waals surface area contributed by atoms with E-state index >= 15 is 0 Å². The molecule has 0 spiro atoms. The summed E-state index contributed by atoms with van der Waals surface area (Å²) in [5, 5.41) is 2.53. The van der Waals surface area contributed by atoms with Crippen molar-refractivity contribution in [2.75, 3.05) is 5.32 Å². The van der Waals surface area contributed by atoms with Crippen molar-refractivity contribution in [3.63, 3.8) is 0 Å². The van der Waals surface area contributed by atoms with Gasteiger partial charge >= 0.3 is 5.56 Å². The molecule has 0 aliphatic rings. The van der Waals surface area contributed by atoms with Crippen LogP contribution in [-0.2, 0) is 0 Å². The lowest BCUT2D eigenvalue weighted by Crippen LogP contribution is -2.22. The maximum absolute atomic E-state index is 12.1. The summed E-state index contributed by atoms with van der Waals surface area (Å²) in [4.78, 5) is 28.2. The molecule has 2 aromatic heterocycles. The summed E-state index contributed by atoms with van der Waals surface area (Å²) in [6.45, 7) is 1.72. The standard InChI is InChI=1S/C14H11N3O3/c1-9-7-12-15-8-11(14(19)17(12)20-9)16-13(18)10-5-3-2-4-6-10/h2-8H,1H3,(H,16,18). The maximum Gasteiger partial charge on any atom is 0.310 e. The monoisotopic (exact) mass is 269 g/mol. The second-order valence-electron chi connectivity index (χ2n) is 4.30. The van der Waals surface area contributed by atoms with Gasteiger partial charge in [0.2, 0.25) is 0 Å². The number of aromatic nitrogens is 2. The lowest BCUT2D eigenvalue weighted by molar-refractivity contribution is 0.102. The molecular weight excluding hydrogens is 258 g/mol. The first-order valence-electron chi connectivity index (χ1n) is 6.00. The van der Waals surface area contributed by atoms with E-state index in [2.05, 4.69) is 10.3 Å². The van der Waals surface area contributed by atoms with Crippen LogP contribution >= 0.6 is 0 Å². The molecular formula is C14H11N3O3. The number of nitrogens with zero attached hydrogens (tertiary/aromatic N) is 2. The molecule has 0 fully saturated rings. The number of benzene rings is 1. The summed E-state index contributed by atoms with van der Waals surface area (Å²) in [5.41, 5.74) is 0.496. The van der Waals surface area contributed by atoms with Gasteiger partial charge in [0.25, 0.3) is 5.91 Å². The minimum atomic E-state index is -0.451. The zero-order chi connectivity index (χ0) is 14.1. The number of anilines is 1. The van der Waals surface area contributed by atoms with E-state index in [-0.39, 0.29) is 11.6 Å². The molecule has 3 aromatic rings. The third-order valence-electron chi connectivity index (χ3n) is 2.80. The zero-order valence-electron chi connectivity index (χ0n) is 10.7. The van der Waals surface area contributed by atoms with Crippen molar-refractivity contribution < 1.29 is 9.32 Å². The Morgan fingerprint density at radius 1 is 1.30 bits per heavy atom. The molecule has 3 rings (SSSR count). The fraction of sp³-hybridized carbons (Fsp3) is 0.0714. The fourth-order valence-corrected chi connectivity index (χ4v) is 1.86. The first-order chi connectivity index (χ1) is 9.65. The number of rotatable bonds is 2. The second kappa shape index (κ2) is 4.65. The highest BCUT2D eigenvalue weighted by Crippen LogP contribution is 2.08. The van der Waals surface area contributed by atoms with Crippen LogP contribution in [0.15, 0.2) is 51.9 Å². The average molecular weight is 269 g/mol. The van der Waals surface area contributed by atoms with Crippen molar-refractivity contribution in [1.82, 2.24) is 9.56 Å². The van der Waals surface area contributed by atoms with Crippen molar-refractivity contribution in [3.8, 4) is 0 Å².